The largest absolute Gasteiger partial charge is 0.488 e. The number of hydrogen-bond donors (Lipinski definition) is 0. The zero-order valence-electron chi connectivity index (χ0n) is 17.5. The molecule has 2 heterocycles. The summed E-state index contributed by atoms with van der Waals surface area (Å²) in [6.45, 7) is 3.49. The van der Waals surface area contributed by atoms with Crippen LogP contribution in [0.5, 0.6) is 17.2 Å². The Kier molecular flexibility index (Phi) is 5.62. The van der Waals surface area contributed by atoms with Gasteiger partial charge in [-0.3, -0.25) is 4.79 Å². The smallest absolute Gasteiger partial charge is 0.200 e. The number of benzene rings is 3. The number of fused-ring (bicyclic) bond motifs is 2. The molecule has 0 radical (unpaired) electrons. The van der Waals surface area contributed by atoms with Crippen molar-refractivity contribution in [3.63, 3.8) is 0 Å². The van der Waals surface area contributed by atoms with Crippen LogP contribution in [0.25, 0.3) is 22.1 Å². The van der Waals surface area contributed by atoms with E-state index in [9.17, 15) is 4.79 Å². The first-order valence-electron chi connectivity index (χ1n) is 10.5. The van der Waals surface area contributed by atoms with Gasteiger partial charge in [0.05, 0.1) is 10.9 Å². The predicted octanol–water partition coefficient (Wildman–Crippen LogP) is 6.14. The number of ether oxygens (including phenoxy) is 3. The van der Waals surface area contributed by atoms with Crippen molar-refractivity contribution in [3.8, 4) is 28.4 Å². The SMILES string of the molecule is CCc1cc2c(=O)c(-c3ccc4c(c3)OCCO4)coc2cc1OCc1ccc(Br)cc1. The van der Waals surface area contributed by atoms with E-state index in [1.165, 1.54) is 6.26 Å². The Hall–Kier alpha value is -3.25. The molecule has 0 saturated carbocycles. The Morgan fingerprint density at radius 2 is 1.75 bits per heavy atom. The molecule has 0 aliphatic carbocycles. The summed E-state index contributed by atoms with van der Waals surface area (Å²) in [6, 6.07) is 17.2. The molecule has 4 aromatic rings. The molecule has 1 aliphatic heterocycles. The molecule has 0 bridgehead atoms. The summed E-state index contributed by atoms with van der Waals surface area (Å²) < 4.78 is 24.2. The summed E-state index contributed by atoms with van der Waals surface area (Å²) >= 11 is 3.44. The van der Waals surface area contributed by atoms with Crippen molar-refractivity contribution in [3.05, 3.63) is 86.7 Å². The quantitative estimate of drug-likeness (QED) is 0.335. The third-order valence-corrected chi connectivity index (χ3v) is 6.03. The molecule has 0 spiro atoms. The van der Waals surface area contributed by atoms with E-state index < -0.39 is 0 Å². The summed E-state index contributed by atoms with van der Waals surface area (Å²) in [6.07, 6.45) is 2.24. The van der Waals surface area contributed by atoms with Gasteiger partial charge in [-0.25, -0.2) is 0 Å². The van der Waals surface area contributed by atoms with Crippen LogP contribution >= 0.6 is 15.9 Å². The van der Waals surface area contributed by atoms with Crippen LogP contribution < -0.4 is 19.6 Å². The highest BCUT2D eigenvalue weighted by Crippen LogP contribution is 2.34. The molecule has 0 amide bonds. The number of rotatable bonds is 5. The van der Waals surface area contributed by atoms with Gasteiger partial charge in [-0.05, 0) is 53.4 Å². The lowest BCUT2D eigenvalue weighted by atomic mass is 10.0. The van der Waals surface area contributed by atoms with Crippen LogP contribution in [0, 0.1) is 0 Å². The van der Waals surface area contributed by atoms with Gasteiger partial charge in [0.2, 0.25) is 5.43 Å². The highest BCUT2D eigenvalue weighted by molar-refractivity contribution is 9.10. The fourth-order valence-electron chi connectivity index (χ4n) is 3.76. The predicted molar refractivity (Wildman–Crippen MR) is 127 cm³/mol. The molecular formula is C26H21BrO5. The van der Waals surface area contributed by atoms with E-state index in [1.807, 2.05) is 61.5 Å². The second-order valence-corrected chi connectivity index (χ2v) is 8.48. The van der Waals surface area contributed by atoms with E-state index in [-0.39, 0.29) is 5.43 Å². The first-order valence-corrected chi connectivity index (χ1v) is 11.3. The maximum atomic E-state index is 13.3. The highest BCUT2D eigenvalue weighted by atomic mass is 79.9. The number of hydrogen-bond acceptors (Lipinski definition) is 5. The van der Waals surface area contributed by atoms with Crippen molar-refractivity contribution in [2.24, 2.45) is 0 Å². The minimum Gasteiger partial charge on any atom is -0.488 e. The fraction of sp³-hybridized carbons (Fsp3) is 0.192. The lowest BCUT2D eigenvalue weighted by Gasteiger charge is -2.18. The van der Waals surface area contributed by atoms with Crippen LogP contribution in [0.3, 0.4) is 0 Å². The average molecular weight is 493 g/mol. The molecule has 0 atom stereocenters. The van der Waals surface area contributed by atoms with Crippen molar-refractivity contribution in [1.29, 1.82) is 0 Å². The van der Waals surface area contributed by atoms with Gasteiger partial charge in [-0.15, -0.1) is 0 Å². The van der Waals surface area contributed by atoms with Gasteiger partial charge in [-0.1, -0.05) is 41.1 Å². The van der Waals surface area contributed by atoms with E-state index in [0.717, 1.165) is 33.3 Å². The van der Waals surface area contributed by atoms with Gasteiger partial charge < -0.3 is 18.6 Å². The van der Waals surface area contributed by atoms with Crippen molar-refractivity contribution in [2.75, 3.05) is 13.2 Å². The van der Waals surface area contributed by atoms with Gasteiger partial charge in [0, 0.05) is 10.5 Å². The Bertz CT molecular complexity index is 1340. The summed E-state index contributed by atoms with van der Waals surface area (Å²) in [5, 5.41) is 0.533. The Balaban J connectivity index is 1.50. The molecule has 0 unspecified atom stereocenters. The van der Waals surface area contributed by atoms with E-state index in [2.05, 4.69) is 15.9 Å². The van der Waals surface area contributed by atoms with Crippen LogP contribution in [0.1, 0.15) is 18.1 Å². The van der Waals surface area contributed by atoms with Crippen molar-refractivity contribution >= 4 is 26.9 Å². The molecule has 162 valence electrons. The van der Waals surface area contributed by atoms with Crippen LogP contribution in [-0.4, -0.2) is 13.2 Å². The average Bonchev–Trinajstić information content (AvgIpc) is 2.83. The normalized spacial score (nSPS) is 12.7. The minimum absolute atomic E-state index is 0.0860. The number of aryl methyl sites for hydroxylation is 1. The van der Waals surface area contributed by atoms with E-state index >= 15 is 0 Å². The first-order chi connectivity index (χ1) is 15.6. The summed E-state index contributed by atoms with van der Waals surface area (Å²) in [7, 11) is 0. The zero-order valence-corrected chi connectivity index (χ0v) is 19.1. The van der Waals surface area contributed by atoms with Crippen molar-refractivity contribution < 1.29 is 18.6 Å². The monoisotopic (exact) mass is 492 g/mol. The minimum atomic E-state index is -0.0860. The zero-order chi connectivity index (χ0) is 22.1. The van der Waals surface area contributed by atoms with Crippen molar-refractivity contribution in [2.45, 2.75) is 20.0 Å². The van der Waals surface area contributed by atoms with Gasteiger partial charge in [-0.2, -0.15) is 0 Å². The molecule has 5 nitrogen and oxygen atoms in total. The van der Waals surface area contributed by atoms with Crippen molar-refractivity contribution in [1.82, 2.24) is 0 Å². The van der Waals surface area contributed by atoms with E-state index in [0.29, 0.717) is 47.9 Å². The second kappa shape index (κ2) is 8.71. The lowest BCUT2D eigenvalue weighted by Crippen LogP contribution is -2.15. The molecule has 32 heavy (non-hydrogen) atoms. The molecule has 5 rings (SSSR count). The molecule has 1 aromatic heterocycles. The Labute approximate surface area is 193 Å². The molecule has 1 aliphatic rings. The molecular weight excluding hydrogens is 472 g/mol. The Morgan fingerprint density at radius 1 is 0.969 bits per heavy atom. The van der Waals surface area contributed by atoms with Gasteiger partial charge in [0.25, 0.3) is 0 Å². The molecule has 6 heteroatoms. The molecule has 0 N–H and O–H groups in total. The Morgan fingerprint density at radius 3 is 2.53 bits per heavy atom. The van der Waals surface area contributed by atoms with Gasteiger partial charge in [0.1, 0.15) is 37.4 Å². The molecule has 0 saturated heterocycles. The van der Waals surface area contributed by atoms with Gasteiger partial charge in [0.15, 0.2) is 11.5 Å². The molecule has 0 fully saturated rings. The first kappa shape index (κ1) is 20.6. The topological polar surface area (TPSA) is 57.9 Å². The van der Waals surface area contributed by atoms with E-state index in [4.69, 9.17) is 18.6 Å². The molecule has 3 aromatic carbocycles. The highest BCUT2D eigenvalue weighted by Gasteiger charge is 2.17. The lowest BCUT2D eigenvalue weighted by molar-refractivity contribution is 0.171. The fourth-order valence-corrected chi connectivity index (χ4v) is 4.03. The number of halogens is 1. The van der Waals surface area contributed by atoms with Crippen LogP contribution in [0.2, 0.25) is 0 Å². The summed E-state index contributed by atoms with van der Waals surface area (Å²) in [4.78, 5) is 13.3. The van der Waals surface area contributed by atoms with Crippen LogP contribution in [0.15, 0.2) is 74.5 Å². The summed E-state index contributed by atoms with van der Waals surface area (Å²) in [5.74, 6) is 2.04. The maximum Gasteiger partial charge on any atom is 0.200 e. The third kappa shape index (κ3) is 3.98. The van der Waals surface area contributed by atoms with E-state index in [1.54, 1.807) is 0 Å². The van der Waals surface area contributed by atoms with Crippen LogP contribution in [-0.2, 0) is 13.0 Å². The summed E-state index contributed by atoms with van der Waals surface area (Å²) in [5.41, 5.74) is 3.65. The third-order valence-electron chi connectivity index (χ3n) is 5.50. The van der Waals surface area contributed by atoms with Crippen LogP contribution in [0.4, 0.5) is 0 Å². The second-order valence-electron chi connectivity index (χ2n) is 7.56. The van der Waals surface area contributed by atoms with Gasteiger partial charge >= 0.3 is 0 Å². The maximum absolute atomic E-state index is 13.3. The standard InChI is InChI=1S/C26H21BrO5/c1-2-17-11-20-24(13-23(17)31-14-16-3-6-19(27)7-4-16)32-15-21(26(20)28)18-5-8-22-25(12-18)30-10-9-29-22/h3-8,11-13,15H,2,9-10,14H2,1H3.